The van der Waals surface area contributed by atoms with Crippen molar-refractivity contribution in [3.63, 3.8) is 0 Å². The number of methoxy groups -OCH3 is 1. The number of ether oxygens (including phenoxy) is 1. The molecule has 108 valence electrons. The number of carbonyl (C=O) groups excluding carboxylic acids is 1. The Kier molecular flexibility index (Phi) is 4.01. The average Bonchev–Trinajstić information content (AvgIpc) is 2.54. The van der Waals surface area contributed by atoms with Crippen LogP contribution in [0.3, 0.4) is 0 Å². The highest BCUT2D eigenvalue weighted by Crippen LogP contribution is 2.35. The summed E-state index contributed by atoms with van der Waals surface area (Å²) in [6, 6.07) is 15.2. The van der Waals surface area contributed by atoms with Gasteiger partial charge in [-0.3, -0.25) is 4.90 Å². The van der Waals surface area contributed by atoms with Crippen molar-refractivity contribution in [1.82, 2.24) is 0 Å². The maximum Gasteiger partial charge on any atom is 0.326 e. The molecule has 2 aromatic carbocycles. The quantitative estimate of drug-likeness (QED) is 0.916. The fraction of sp³-hybridized carbons (Fsp3) is 0.188. The lowest BCUT2D eigenvalue weighted by molar-refractivity contribution is 0.257. The van der Waals surface area contributed by atoms with Gasteiger partial charge in [0.05, 0.1) is 18.5 Å². The van der Waals surface area contributed by atoms with E-state index in [0.29, 0.717) is 18.0 Å². The zero-order valence-corrected chi connectivity index (χ0v) is 12.5. The largest absolute Gasteiger partial charge is 0.495 e. The molecule has 1 N–H and O–H groups in total. The molecule has 2 aromatic rings. The van der Waals surface area contributed by atoms with Crippen LogP contribution in [0.2, 0.25) is 0 Å². The van der Waals surface area contributed by atoms with Gasteiger partial charge in [-0.25, -0.2) is 4.79 Å². The number of nitrogens with zero attached hydrogens (tertiary/aromatic N) is 1. The number of rotatable bonds is 2. The normalized spacial score (nSPS) is 13.5. The summed E-state index contributed by atoms with van der Waals surface area (Å²) in [5.41, 5.74) is 1.64. The molecule has 21 heavy (non-hydrogen) atoms. The number of urea groups is 1. The van der Waals surface area contributed by atoms with Crippen LogP contribution < -0.4 is 15.0 Å². The first-order valence-electron chi connectivity index (χ1n) is 6.73. The first-order valence-corrected chi connectivity index (χ1v) is 7.71. The van der Waals surface area contributed by atoms with E-state index in [1.165, 1.54) is 0 Å². The van der Waals surface area contributed by atoms with Crippen molar-refractivity contribution in [3.05, 3.63) is 48.5 Å². The van der Waals surface area contributed by atoms with Gasteiger partial charge < -0.3 is 10.1 Å². The minimum atomic E-state index is -0.132. The fourth-order valence-electron chi connectivity index (χ4n) is 2.31. The minimum absolute atomic E-state index is 0.132. The smallest absolute Gasteiger partial charge is 0.326 e. The summed E-state index contributed by atoms with van der Waals surface area (Å²) in [4.78, 5) is 15.5. The molecule has 3 rings (SSSR count). The molecule has 0 bridgehead atoms. The molecule has 0 fully saturated rings. The van der Waals surface area contributed by atoms with Crippen molar-refractivity contribution < 1.29 is 9.53 Å². The number of hydrogen-bond donors (Lipinski definition) is 1. The highest BCUT2D eigenvalue weighted by atomic mass is 32.2. The van der Waals surface area contributed by atoms with Crippen LogP contribution in [-0.4, -0.2) is 25.4 Å². The minimum Gasteiger partial charge on any atom is -0.495 e. The predicted molar refractivity (Wildman–Crippen MR) is 86.5 cm³/mol. The molecular weight excluding hydrogens is 284 g/mol. The molecule has 1 aliphatic heterocycles. The summed E-state index contributed by atoms with van der Waals surface area (Å²) >= 11 is 1.78. The maximum absolute atomic E-state index is 12.5. The lowest BCUT2D eigenvalue weighted by Gasteiger charge is -2.29. The summed E-state index contributed by atoms with van der Waals surface area (Å²) in [7, 11) is 1.60. The first-order chi connectivity index (χ1) is 10.3. The number of nitrogens with one attached hydrogen (secondary N) is 1. The molecule has 0 spiro atoms. The standard InChI is InChI=1S/C16H16N2O2S/c1-20-14-8-4-2-6-12(14)17-16(19)18-10-11-21-15-9-5-3-7-13(15)18/h2-9H,10-11H2,1H3,(H,17,19). The third-order valence-corrected chi connectivity index (χ3v) is 4.37. The Balaban J connectivity index is 1.84. The van der Waals surface area contributed by atoms with Gasteiger partial charge in [0, 0.05) is 17.2 Å². The second-order valence-corrected chi connectivity index (χ2v) is 5.74. The molecular formula is C16H16N2O2S. The van der Waals surface area contributed by atoms with Crippen LogP contribution in [0.1, 0.15) is 0 Å². The van der Waals surface area contributed by atoms with E-state index >= 15 is 0 Å². The Bertz CT molecular complexity index is 660. The number of carbonyl (C=O) groups is 1. The Morgan fingerprint density at radius 2 is 1.95 bits per heavy atom. The average molecular weight is 300 g/mol. The van der Waals surface area contributed by atoms with Gasteiger partial charge in [-0.05, 0) is 24.3 Å². The second kappa shape index (κ2) is 6.10. The van der Waals surface area contributed by atoms with E-state index in [4.69, 9.17) is 4.74 Å². The van der Waals surface area contributed by atoms with Crippen LogP contribution in [-0.2, 0) is 0 Å². The Morgan fingerprint density at radius 3 is 2.81 bits per heavy atom. The summed E-state index contributed by atoms with van der Waals surface area (Å²) in [5, 5.41) is 2.92. The highest BCUT2D eigenvalue weighted by Gasteiger charge is 2.23. The molecule has 0 radical (unpaired) electrons. The molecule has 1 aliphatic rings. The number of amides is 2. The van der Waals surface area contributed by atoms with Crippen LogP contribution in [0, 0.1) is 0 Å². The molecule has 0 aromatic heterocycles. The fourth-order valence-corrected chi connectivity index (χ4v) is 3.31. The first kappa shape index (κ1) is 13.8. The van der Waals surface area contributed by atoms with Crippen LogP contribution in [0.5, 0.6) is 5.75 Å². The Hall–Kier alpha value is -2.14. The van der Waals surface area contributed by atoms with Crippen molar-refractivity contribution in [3.8, 4) is 5.75 Å². The molecule has 0 aliphatic carbocycles. The third-order valence-electron chi connectivity index (χ3n) is 3.32. The molecule has 4 nitrogen and oxygen atoms in total. The zero-order valence-electron chi connectivity index (χ0n) is 11.7. The molecule has 0 unspecified atom stereocenters. The van der Waals surface area contributed by atoms with Gasteiger partial charge in [0.25, 0.3) is 0 Å². The van der Waals surface area contributed by atoms with E-state index in [9.17, 15) is 4.79 Å². The van der Waals surface area contributed by atoms with Crippen molar-refractivity contribution >= 4 is 29.2 Å². The predicted octanol–water partition coefficient (Wildman–Crippen LogP) is 3.84. The monoisotopic (exact) mass is 300 g/mol. The van der Waals surface area contributed by atoms with Crippen LogP contribution in [0.15, 0.2) is 53.4 Å². The number of hydrogen-bond acceptors (Lipinski definition) is 3. The lowest BCUT2D eigenvalue weighted by atomic mass is 10.2. The van der Waals surface area contributed by atoms with E-state index in [1.54, 1.807) is 23.8 Å². The molecule has 5 heteroatoms. The topological polar surface area (TPSA) is 41.6 Å². The van der Waals surface area contributed by atoms with Gasteiger partial charge in [-0.1, -0.05) is 24.3 Å². The van der Waals surface area contributed by atoms with Crippen LogP contribution in [0.4, 0.5) is 16.2 Å². The number of fused-ring (bicyclic) bond motifs is 1. The van der Waals surface area contributed by atoms with Crippen molar-refractivity contribution in [1.29, 1.82) is 0 Å². The molecule has 0 saturated heterocycles. The molecule has 2 amide bonds. The Morgan fingerprint density at radius 1 is 1.19 bits per heavy atom. The number of anilines is 2. The van der Waals surface area contributed by atoms with Crippen LogP contribution >= 0.6 is 11.8 Å². The molecule has 0 atom stereocenters. The highest BCUT2D eigenvalue weighted by molar-refractivity contribution is 7.99. The van der Waals surface area contributed by atoms with Crippen molar-refractivity contribution in [2.24, 2.45) is 0 Å². The number of thioether (sulfide) groups is 1. The Labute approximate surface area is 128 Å². The summed E-state index contributed by atoms with van der Waals surface area (Å²) in [6.07, 6.45) is 0. The van der Waals surface area contributed by atoms with E-state index in [0.717, 1.165) is 16.3 Å². The second-order valence-electron chi connectivity index (χ2n) is 4.60. The zero-order chi connectivity index (χ0) is 14.7. The van der Waals surface area contributed by atoms with Crippen molar-refractivity contribution in [2.45, 2.75) is 4.90 Å². The van der Waals surface area contributed by atoms with Crippen molar-refractivity contribution in [2.75, 3.05) is 29.6 Å². The summed E-state index contributed by atoms with van der Waals surface area (Å²) in [5.74, 6) is 1.56. The van der Waals surface area contributed by atoms with Gasteiger partial charge in [0.15, 0.2) is 0 Å². The van der Waals surface area contributed by atoms with E-state index in [1.807, 2.05) is 48.5 Å². The van der Waals surface area contributed by atoms with Gasteiger partial charge in [0.2, 0.25) is 0 Å². The maximum atomic E-state index is 12.5. The van der Waals surface area contributed by atoms with Crippen LogP contribution in [0.25, 0.3) is 0 Å². The third kappa shape index (κ3) is 2.83. The summed E-state index contributed by atoms with van der Waals surface area (Å²) in [6.45, 7) is 0.697. The van der Waals surface area contributed by atoms with Gasteiger partial charge in [-0.2, -0.15) is 0 Å². The van der Waals surface area contributed by atoms with Gasteiger partial charge >= 0.3 is 6.03 Å². The van der Waals surface area contributed by atoms with E-state index < -0.39 is 0 Å². The molecule has 0 saturated carbocycles. The van der Waals surface area contributed by atoms with Gasteiger partial charge in [-0.15, -0.1) is 11.8 Å². The SMILES string of the molecule is COc1ccccc1NC(=O)N1CCSc2ccccc21. The molecule has 1 heterocycles. The van der Waals surface area contributed by atoms with E-state index in [2.05, 4.69) is 5.32 Å². The van der Waals surface area contributed by atoms with Gasteiger partial charge in [0.1, 0.15) is 5.75 Å². The number of benzene rings is 2. The summed E-state index contributed by atoms with van der Waals surface area (Å²) < 4.78 is 5.27. The lowest BCUT2D eigenvalue weighted by Crippen LogP contribution is -2.38. The van der Waals surface area contributed by atoms with E-state index in [-0.39, 0.29) is 6.03 Å². The number of para-hydroxylation sites is 3.